The number of para-hydroxylation sites is 2. The Morgan fingerprint density at radius 1 is 1.21 bits per heavy atom. The molecule has 1 aliphatic heterocycles. The molecular weight excluding hydrogens is 382 g/mol. The molecule has 2 aromatic heterocycles. The van der Waals surface area contributed by atoms with Crippen LogP contribution < -0.4 is 5.32 Å². The van der Waals surface area contributed by atoms with Crippen LogP contribution in [0.25, 0.3) is 5.69 Å². The number of benzene rings is 1. The fourth-order valence-corrected chi connectivity index (χ4v) is 4.54. The first-order valence-electron chi connectivity index (χ1n) is 10.1. The minimum absolute atomic E-state index is 0.0388. The molecular formula is C22H27N5OS. The van der Waals surface area contributed by atoms with Gasteiger partial charge in [0.1, 0.15) is 0 Å². The third-order valence-electron chi connectivity index (χ3n) is 5.41. The van der Waals surface area contributed by atoms with Gasteiger partial charge in [-0.3, -0.25) is 9.69 Å². The highest BCUT2D eigenvalue weighted by Gasteiger charge is 2.26. The van der Waals surface area contributed by atoms with E-state index in [4.69, 9.17) is 0 Å². The molecule has 0 bridgehead atoms. The third kappa shape index (κ3) is 4.57. The van der Waals surface area contributed by atoms with Gasteiger partial charge in [-0.2, -0.15) is 5.10 Å². The van der Waals surface area contributed by atoms with Gasteiger partial charge < -0.3 is 5.32 Å². The third-order valence-corrected chi connectivity index (χ3v) is 6.23. The summed E-state index contributed by atoms with van der Waals surface area (Å²) in [4.78, 5) is 19.9. The van der Waals surface area contributed by atoms with Crippen molar-refractivity contribution in [2.75, 3.05) is 18.4 Å². The number of thiazole rings is 1. The number of aromatic nitrogens is 3. The second-order valence-corrected chi connectivity index (χ2v) is 8.82. The minimum Gasteiger partial charge on any atom is -0.324 e. The number of nitrogens with zero attached hydrogens (tertiary/aromatic N) is 4. The Morgan fingerprint density at radius 2 is 1.97 bits per heavy atom. The summed E-state index contributed by atoms with van der Waals surface area (Å²) in [5, 5.41) is 11.0. The Labute approximate surface area is 175 Å². The van der Waals surface area contributed by atoms with E-state index in [1.165, 1.54) is 0 Å². The molecule has 0 radical (unpaired) electrons. The Balaban J connectivity index is 1.39. The monoisotopic (exact) mass is 409 g/mol. The molecule has 4 rings (SSSR count). The van der Waals surface area contributed by atoms with Crippen molar-refractivity contribution in [1.29, 1.82) is 0 Å². The summed E-state index contributed by atoms with van der Waals surface area (Å²) in [6, 6.07) is 9.90. The first-order valence-corrected chi connectivity index (χ1v) is 10.9. The Kier molecular flexibility index (Phi) is 5.78. The smallest absolute Gasteiger partial charge is 0.227 e. The van der Waals surface area contributed by atoms with E-state index in [1.807, 2.05) is 55.8 Å². The zero-order valence-electron chi connectivity index (χ0n) is 17.2. The molecule has 3 aromatic rings. The van der Waals surface area contributed by atoms with E-state index in [0.29, 0.717) is 0 Å². The molecule has 0 unspecified atom stereocenters. The van der Waals surface area contributed by atoms with Crippen LogP contribution in [-0.4, -0.2) is 38.7 Å². The van der Waals surface area contributed by atoms with Crippen LogP contribution in [0.3, 0.4) is 0 Å². The fourth-order valence-electron chi connectivity index (χ4n) is 3.93. The summed E-state index contributed by atoms with van der Waals surface area (Å²) < 4.78 is 1.89. The lowest BCUT2D eigenvalue weighted by Gasteiger charge is -2.30. The number of amides is 1. The molecule has 1 saturated heterocycles. The predicted octanol–water partition coefficient (Wildman–Crippen LogP) is 4.10. The highest BCUT2D eigenvalue weighted by atomic mass is 32.1. The first-order chi connectivity index (χ1) is 14.0. The molecule has 3 heterocycles. The van der Waals surface area contributed by atoms with Gasteiger partial charge in [0.2, 0.25) is 5.91 Å². The van der Waals surface area contributed by atoms with Gasteiger partial charge in [0, 0.05) is 23.5 Å². The summed E-state index contributed by atoms with van der Waals surface area (Å²) in [5.41, 5.74) is 4.86. The van der Waals surface area contributed by atoms with Crippen molar-refractivity contribution >= 4 is 22.9 Å². The average molecular weight is 410 g/mol. The normalized spacial score (nSPS) is 15.6. The molecule has 1 N–H and O–H groups in total. The fraction of sp³-hybridized carbons (Fsp3) is 0.409. The number of carbonyl (C=O) groups excluding carboxylic acids is 1. The maximum absolute atomic E-state index is 12.9. The lowest BCUT2D eigenvalue weighted by Crippen LogP contribution is -2.38. The van der Waals surface area contributed by atoms with Crippen LogP contribution in [0.5, 0.6) is 0 Å². The van der Waals surface area contributed by atoms with E-state index >= 15 is 0 Å². The van der Waals surface area contributed by atoms with E-state index in [1.54, 1.807) is 11.3 Å². The number of likely N-dealkylation sites (tertiary alicyclic amines) is 1. The number of nitrogens with one attached hydrogen (secondary N) is 1. The van der Waals surface area contributed by atoms with Crippen LogP contribution in [0.4, 0.5) is 5.69 Å². The number of rotatable bonds is 5. The molecule has 29 heavy (non-hydrogen) atoms. The first kappa shape index (κ1) is 19.8. The maximum Gasteiger partial charge on any atom is 0.227 e. The van der Waals surface area contributed by atoms with Gasteiger partial charge >= 0.3 is 0 Å². The summed E-state index contributed by atoms with van der Waals surface area (Å²) in [7, 11) is 0. The van der Waals surface area contributed by atoms with E-state index in [2.05, 4.69) is 25.7 Å². The largest absolute Gasteiger partial charge is 0.324 e. The minimum atomic E-state index is 0.0388. The molecule has 1 aliphatic rings. The molecule has 0 aliphatic carbocycles. The molecule has 1 aromatic carbocycles. The number of piperidine rings is 1. The number of hydrogen-bond acceptors (Lipinski definition) is 5. The molecule has 1 fully saturated rings. The van der Waals surface area contributed by atoms with Crippen LogP contribution in [0, 0.1) is 26.7 Å². The van der Waals surface area contributed by atoms with Crippen LogP contribution in [0.1, 0.15) is 34.9 Å². The van der Waals surface area contributed by atoms with Crippen molar-refractivity contribution in [1.82, 2.24) is 19.7 Å². The maximum atomic E-state index is 12.9. The molecule has 1 amide bonds. The summed E-state index contributed by atoms with van der Waals surface area (Å²) in [5.74, 6) is 0.139. The zero-order valence-corrected chi connectivity index (χ0v) is 18.0. The van der Waals surface area contributed by atoms with Gasteiger partial charge in [-0.05, 0) is 64.9 Å². The predicted molar refractivity (Wildman–Crippen MR) is 117 cm³/mol. The van der Waals surface area contributed by atoms with Gasteiger partial charge in [-0.1, -0.05) is 12.1 Å². The standard InChI is InChI=1S/C22H27N5OS/c1-15-12-16(2)27(25-15)21-7-5-4-6-20(21)24-22(28)18-8-10-26(11-9-18)13-19-14-29-17(3)23-19/h4-7,12,14,18H,8-11,13H2,1-3H3,(H,24,28). The van der Waals surface area contributed by atoms with Crippen LogP contribution in [0.2, 0.25) is 0 Å². The molecule has 152 valence electrons. The second kappa shape index (κ2) is 8.47. The van der Waals surface area contributed by atoms with Gasteiger partial charge in [0.25, 0.3) is 0 Å². The lowest BCUT2D eigenvalue weighted by atomic mass is 9.95. The van der Waals surface area contributed by atoms with Crippen molar-refractivity contribution < 1.29 is 4.79 Å². The summed E-state index contributed by atoms with van der Waals surface area (Å²) in [6.45, 7) is 8.76. The number of hydrogen-bond donors (Lipinski definition) is 1. The van der Waals surface area contributed by atoms with Crippen molar-refractivity contribution in [2.24, 2.45) is 5.92 Å². The van der Waals surface area contributed by atoms with Crippen molar-refractivity contribution in [3.8, 4) is 5.69 Å². The van der Waals surface area contributed by atoms with Gasteiger partial charge in [-0.25, -0.2) is 9.67 Å². The van der Waals surface area contributed by atoms with Gasteiger partial charge in [0.05, 0.1) is 27.8 Å². The Morgan fingerprint density at radius 3 is 2.62 bits per heavy atom. The molecule has 6 nitrogen and oxygen atoms in total. The SMILES string of the molecule is Cc1cc(C)n(-c2ccccc2NC(=O)C2CCN(Cc3csc(C)n3)CC2)n1. The van der Waals surface area contributed by atoms with Crippen molar-refractivity contribution in [3.05, 3.63) is 57.8 Å². The van der Waals surface area contributed by atoms with Crippen LogP contribution in [0.15, 0.2) is 35.7 Å². The highest BCUT2D eigenvalue weighted by Crippen LogP contribution is 2.25. The molecule has 0 saturated carbocycles. The Hall–Kier alpha value is -2.51. The van der Waals surface area contributed by atoms with Crippen molar-refractivity contribution in [3.63, 3.8) is 0 Å². The zero-order chi connectivity index (χ0) is 20.4. The molecule has 0 spiro atoms. The topological polar surface area (TPSA) is 63.1 Å². The van der Waals surface area contributed by atoms with E-state index in [-0.39, 0.29) is 11.8 Å². The molecule has 0 atom stereocenters. The van der Waals surface area contributed by atoms with Gasteiger partial charge in [-0.15, -0.1) is 11.3 Å². The average Bonchev–Trinajstić information content (AvgIpc) is 3.26. The lowest BCUT2D eigenvalue weighted by molar-refractivity contribution is -0.121. The van der Waals surface area contributed by atoms with E-state index < -0.39 is 0 Å². The quantitative estimate of drug-likeness (QED) is 0.689. The van der Waals surface area contributed by atoms with Crippen LogP contribution >= 0.6 is 11.3 Å². The second-order valence-electron chi connectivity index (χ2n) is 7.75. The highest BCUT2D eigenvalue weighted by molar-refractivity contribution is 7.09. The van der Waals surface area contributed by atoms with Gasteiger partial charge in [0.15, 0.2) is 0 Å². The summed E-state index contributed by atoms with van der Waals surface area (Å²) in [6.07, 6.45) is 1.74. The van der Waals surface area contributed by atoms with Crippen molar-refractivity contribution in [2.45, 2.75) is 40.2 Å². The number of aryl methyl sites for hydroxylation is 3. The van der Waals surface area contributed by atoms with Crippen LogP contribution in [-0.2, 0) is 11.3 Å². The summed E-state index contributed by atoms with van der Waals surface area (Å²) >= 11 is 1.69. The Bertz CT molecular complexity index is 1000. The van der Waals surface area contributed by atoms with E-state index in [9.17, 15) is 4.79 Å². The molecule has 7 heteroatoms. The number of anilines is 1. The van der Waals surface area contributed by atoms with E-state index in [0.717, 1.165) is 65.9 Å². The number of carbonyl (C=O) groups is 1.